The van der Waals surface area contributed by atoms with Gasteiger partial charge in [-0.05, 0) is 26.1 Å². The van der Waals surface area contributed by atoms with Gasteiger partial charge in [0.05, 0.1) is 11.9 Å². The standard InChI is InChI=1S/C13H21N5O/c1-3-14-11-4-5-12(15-10-11)13(19)16-18-8-6-17(2)7-9-18/h4-5,10,14H,3,6-9H2,1-2H3,(H,16,19). The molecule has 0 unspecified atom stereocenters. The zero-order valence-corrected chi connectivity index (χ0v) is 11.5. The number of carbonyl (C=O) groups excluding carboxylic acids is 1. The molecule has 19 heavy (non-hydrogen) atoms. The average molecular weight is 263 g/mol. The first-order valence-corrected chi connectivity index (χ1v) is 6.63. The third-order valence-corrected chi connectivity index (χ3v) is 3.14. The Morgan fingerprint density at radius 3 is 2.63 bits per heavy atom. The van der Waals surface area contributed by atoms with E-state index in [2.05, 4.69) is 27.7 Å². The van der Waals surface area contributed by atoms with Crippen LogP contribution in [0.25, 0.3) is 0 Å². The van der Waals surface area contributed by atoms with Crippen LogP contribution in [0.1, 0.15) is 17.4 Å². The smallest absolute Gasteiger partial charge is 0.284 e. The highest BCUT2D eigenvalue weighted by Crippen LogP contribution is 2.06. The maximum absolute atomic E-state index is 12.0. The average Bonchev–Trinajstić information content (AvgIpc) is 2.42. The number of anilines is 1. The summed E-state index contributed by atoms with van der Waals surface area (Å²) in [6, 6.07) is 3.61. The second-order valence-corrected chi connectivity index (χ2v) is 4.69. The van der Waals surface area contributed by atoms with Crippen LogP contribution in [0.15, 0.2) is 18.3 Å². The first-order chi connectivity index (χ1) is 9.19. The molecule has 104 valence electrons. The van der Waals surface area contributed by atoms with Gasteiger partial charge >= 0.3 is 0 Å². The summed E-state index contributed by atoms with van der Waals surface area (Å²) in [7, 11) is 2.08. The summed E-state index contributed by atoms with van der Waals surface area (Å²) < 4.78 is 0. The van der Waals surface area contributed by atoms with E-state index >= 15 is 0 Å². The molecule has 6 heteroatoms. The van der Waals surface area contributed by atoms with E-state index in [1.165, 1.54) is 0 Å². The monoisotopic (exact) mass is 263 g/mol. The highest BCUT2D eigenvalue weighted by molar-refractivity contribution is 5.92. The predicted molar refractivity (Wildman–Crippen MR) is 74.9 cm³/mol. The number of likely N-dealkylation sites (N-methyl/N-ethyl adjacent to an activating group) is 1. The van der Waals surface area contributed by atoms with Crippen LogP contribution in [0.2, 0.25) is 0 Å². The normalized spacial score (nSPS) is 17.2. The third kappa shape index (κ3) is 3.90. The van der Waals surface area contributed by atoms with Gasteiger partial charge in [0.2, 0.25) is 0 Å². The number of hydrogen-bond donors (Lipinski definition) is 2. The van der Waals surface area contributed by atoms with Crippen LogP contribution >= 0.6 is 0 Å². The second-order valence-electron chi connectivity index (χ2n) is 4.69. The largest absolute Gasteiger partial charge is 0.384 e. The molecule has 2 N–H and O–H groups in total. The van der Waals surface area contributed by atoms with Gasteiger partial charge in [-0.3, -0.25) is 10.2 Å². The molecule has 2 heterocycles. The highest BCUT2D eigenvalue weighted by Gasteiger charge is 2.16. The van der Waals surface area contributed by atoms with E-state index in [9.17, 15) is 4.79 Å². The molecule has 0 radical (unpaired) electrons. The first kappa shape index (κ1) is 13.8. The van der Waals surface area contributed by atoms with Crippen molar-refractivity contribution in [3.63, 3.8) is 0 Å². The molecule has 1 aliphatic rings. The number of aromatic nitrogens is 1. The SMILES string of the molecule is CCNc1ccc(C(=O)NN2CCN(C)CC2)nc1. The fraction of sp³-hybridized carbons (Fsp3) is 0.538. The summed E-state index contributed by atoms with van der Waals surface area (Å²) in [5.41, 5.74) is 4.27. The Kier molecular flexibility index (Phi) is 4.70. The Morgan fingerprint density at radius 2 is 2.05 bits per heavy atom. The number of piperazine rings is 1. The van der Waals surface area contributed by atoms with Gasteiger partial charge in [-0.15, -0.1) is 0 Å². The quantitative estimate of drug-likeness (QED) is 0.824. The Bertz CT molecular complexity index is 412. The van der Waals surface area contributed by atoms with Gasteiger partial charge in [-0.25, -0.2) is 9.99 Å². The van der Waals surface area contributed by atoms with Crippen molar-refractivity contribution < 1.29 is 4.79 Å². The number of hydrazine groups is 1. The van der Waals surface area contributed by atoms with E-state index in [0.29, 0.717) is 5.69 Å². The van der Waals surface area contributed by atoms with Crippen molar-refractivity contribution in [2.24, 2.45) is 0 Å². The van der Waals surface area contributed by atoms with Crippen molar-refractivity contribution in [3.05, 3.63) is 24.0 Å². The molecule has 0 bridgehead atoms. The number of carbonyl (C=O) groups is 1. The van der Waals surface area contributed by atoms with Crippen molar-refractivity contribution in [1.29, 1.82) is 0 Å². The molecule has 1 fully saturated rings. The van der Waals surface area contributed by atoms with E-state index in [1.807, 2.05) is 18.0 Å². The van der Waals surface area contributed by atoms with Crippen molar-refractivity contribution in [2.75, 3.05) is 45.1 Å². The number of nitrogens with one attached hydrogen (secondary N) is 2. The molecule has 1 saturated heterocycles. The lowest BCUT2D eigenvalue weighted by Crippen LogP contribution is -2.52. The first-order valence-electron chi connectivity index (χ1n) is 6.63. The molecule has 6 nitrogen and oxygen atoms in total. The van der Waals surface area contributed by atoms with Gasteiger partial charge in [-0.1, -0.05) is 0 Å². The highest BCUT2D eigenvalue weighted by atomic mass is 16.2. The van der Waals surface area contributed by atoms with E-state index < -0.39 is 0 Å². The van der Waals surface area contributed by atoms with Gasteiger partial charge in [0.1, 0.15) is 5.69 Å². The maximum Gasteiger partial charge on any atom is 0.284 e. The van der Waals surface area contributed by atoms with Crippen LogP contribution in [0.4, 0.5) is 5.69 Å². The lowest BCUT2D eigenvalue weighted by molar-refractivity contribution is 0.0658. The number of nitrogens with zero attached hydrogens (tertiary/aromatic N) is 3. The molecule has 1 amide bonds. The summed E-state index contributed by atoms with van der Waals surface area (Å²) in [5, 5.41) is 5.10. The van der Waals surface area contributed by atoms with Crippen molar-refractivity contribution in [1.82, 2.24) is 20.3 Å². The lowest BCUT2D eigenvalue weighted by atomic mass is 10.3. The van der Waals surface area contributed by atoms with Crippen molar-refractivity contribution >= 4 is 11.6 Å². The van der Waals surface area contributed by atoms with Crippen LogP contribution in [0.3, 0.4) is 0 Å². The number of rotatable bonds is 4. The molecule has 0 atom stereocenters. The predicted octanol–water partition coefficient (Wildman–Crippen LogP) is 0.406. The molecule has 0 spiro atoms. The van der Waals surface area contributed by atoms with E-state index in [-0.39, 0.29) is 5.91 Å². The van der Waals surface area contributed by atoms with Gasteiger partial charge in [0.15, 0.2) is 0 Å². The van der Waals surface area contributed by atoms with Crippen LogP contribution < -0.4 is 10.7 Å². The molecule has 1 aliphatic heterocycles. The summed E-state index contributed by atoms with van der Waals surface area (Å²) in [4.78, 5) is 18.4. The Morgan fingerprint density at radius 1 is 1.32 bits per heavy atom. The molecule has 2 rings (SSSR count). The zero-order chi connectivity index (χ0) is 13.7. The Hall–Kier alpha value is -1.66. The fourth-order valence-corrected chi connectivity index (χ4v) is 1.96. The zero-order valence-electron chi connectivity index (χ0n) is 11.5. The number of pyridine rings is 1. The van der Waals surface area contributed by atoms with Crippen LogP contribution in [0, 0.1) is 0 Å². The molecule has 0 aliphatic carbocycles. The Balaban J connectivity index is 1.88. The van der Waals surface area contributed by atoms with Gasteiger partial charge in [-0.2, -0.15) is 0 Å². The lowest BCUT2D eigenvalue weighted by Gasteiger charge is -2.32. The number of hydrogen-bond acceptors (Lipinski definition) is 5. The second kappa shape index (κ2) is 6.49. The summed E-state index contributed by atoms with van der Waals surface area (Å²) in [5.74, 6) is -0.146. The molecular weight excluding hydrogens is 242 g/mol. The van der Waals surface area contributed by atoms with Crippen LogP contribution in [-0.4, -0.2) is 60.6 Å². The van der Waals surface area contributed by atoms with E-state index in [1.54, 1.807) is 12.3 Å². The molecule has 1 aromatic rings. The van der Waals surface area contributed by atoms with Gasteiger partial charge in [0, 0.05) is 32.7 Å². The minimum absolute atomic E-state index is 0.146. The van der Waals surface area contributed by atoms with Crippen LogP contribution in [-0.2, 0) is 0 Å². The van der Waals surface area contributed by atoms with Crippen LogP contribution in [0.5, 0.6) is 0 Å². The molecule has 1 aromatic heterocycles. The minimum atomic E-state index is -0.146. The maximum atomic E-state index is 12.0. The summed E-state index contributed by atoms with van der Waals surface area (Å²) >= 11 is 0. The molecule has 0 aromatic carbocycles. The minimum Gasteiger partial charge on any atom is -0.384 e. The molecular formula is C13H21N5O. The van der Waals surface area contributed by atoms with Crippen molar-refractivity contribution in [2.45, 2.75) is 6.92 Å². The van der Waals surface area contributed by atoms with Gasteiger partial charge < -0.3 is 10.2 Å². The molecule has 0 saturated carbocycles. The van der Waals surface area contributed by atoms with E-state index in [4.69, 9.17) is 0 Å². The topological polar surface area (TPSA) is 60.5 Å². The summed E-state index contributed by atoms with van der Waals surface area (Å²) in [6.07, 6.45) is 1.68. The third-order valence-electron chi connectivity index (χ3n) is 3.14. The Labute approximate surface area is 113 Å². The van der Waals surface area contributed by atoms with Crippen molar-refractivity contribution in [3.8, 4) is 0 Å². The van der Waals surface area contributed by atoms with E-state index in [0.717, 1.165) is 38.4 Å². The fourth-order valence-electron chi connectivity index (χ4n) is 1.96. The summed E-state index contributed by atoms with van der Waals surface area (Å²) in [6.45, 7) is 6.48. The number of amides is 1. The van der Waals surface area contributed by atoms with Gasteiger partial charge in [0.25, 0.3) is 5.91 Å².